The fourth-order valence-corrected chi connectivity index (χ4v) is 4.29. The quantitative estimate of drug-likeness (QED) is 0.744. The minimum Gasteiger partial charge on any atom is -0.350 e. The third-order valence-electron chi connectivity index (χ3n) is 5.63. The largest absolute Gasteiger partial charge is 0.350 e. The van der Waals surface area contributed by atoms with Crippen molar-refractivity contribution < 1.29 is 4.79 Å². The number of hydrogen-bond acceptors (Lipinski definition) is 3. The zero-order chi connectivity index (χ0) is 17.3. The number of carbonyl (C=O) groups excluding carboxylic acids is 1. The van der Waals surface area contributed by atoms with E-state index in [1.54, 1.807) is 0 Å². The highest BCUT2D eigenvalue weighted by atomic mass is 35.5. The van der Waals surface area contributed by atoms with Gasteiger partial charge in [-0.1, -0.05) is 36.6 Å². The summed E-state index contributed by atoms with van der Waals surface area (Å²) in [5, 5.41) is 14.5. The van der Waals surface area contributed by atoms with E-state index in [9.17, 15) is 4.79 Å². The van der Waals surface area contributed by atoms with Crippen LogP contribution in [0.2, 0.25) is 5.02 Å². The van der Waals surface area contributed by atoms with Crippen LogP contribution in [0.25, 0.3) is 0 Å². The van der Waals surface area contributed by atoms with Crippen LogP contribution in [0.3, 0.4) is 0 Å². The molecule has 1 aliphatic carbocycles. The SMILES string of the molecule is Cl.O=C(NCC1(c2ccc(Cl)cc2)CCCC1)c1n[nH]c2c1CNCC2. The maximum absolute atomic E-state index is 12.7. The minimum absolute atomic E-state index is 0. The second kappa shape index (κ2) is 7.99. The van der Waals surface area contributed by atoms with Gasteiger partial charge >= 0.3 is 0 Å². The first-order valence-electron chi connectivity index (χ1n) is 8.99. The predicted molar refractivity (Wildman–Crippen MR) is 105 cm³/mol. The molecule has 1 aromatic carbocycles. The number of benzene rings is 1. The van der Waals surface area contributed by atoms with Gasteiger partial charge in [0.2, 0.25) is 0 Å². The average molecular weight is 395 g/mol. The molecule has 1 aromatic heterocycles. The van der Waals surface area contributed by atoms with Gasteiger partial charge in [0.1, 0.15) is 0 Å². The number of aromatic nitrogens is 2. The summed E-state index contributed by atoms with van der Waals surface area (Å²) in [6.45, 7) is 2.27. The fraction of sp³-hybridized carbons (Fsp3) is 0.474. The van der Waals surface area contributed by atoms with Crippen molar-refractivity contribution in [1.82, 2.24) is 20.8 Å². The molecule has 1 aliphatic heterocycles. The molecule has 2 aliphatic rings. The van der Waals surface area contributed by atoms with E-state index in [4.69, 9.17) is 11.6 Å². The lowest BCUT2D eigenvalue weighted by atomic mass is 9.79. The summed E-state index contributed by atoms with van der Waals surface area (Å²) < 4.78 is 0. The summed E-state index contributed by atoms with van der Waals surface area (Å²) in [7, 11) is 0. The van der Waals surface area contributed by atoms with E-state index in [0.29, 0.717) is 18.8 Å². The Morgan fingerprint density at radius 3 is 2.69 bits per heavy atom. The molecule has 1 saturated carbocycles. The molecule has 2 aromatic rings. The van der Waals surface area contributed by atoms with Crippen LogP contribution in [0.15, 0.2) is 24.3 Å². The van der Waals surface area contributed by atoms with Gasteiger partial charge in [0.15, 0.2) is 5.69 Å². The van der Waals surface area contributed by atoms with E-state index >= 15 is 0 Å². The Bertz CT molecular complexity index is 766. The first-order valence-corrected chi connectivity index (χ1v) is 9.37. The summed E-state index contributed by atoms with van der Waals surface area (Å²) in [6, 6.07) is 8.07. The Hall–Kier alpha value is -1.56. The van der Waals surface area contributed by atoms with Crippen molar-refractivity contribution in [3.8, 4) is 0 Å². The first-order chi connectivity index (χ1) is 12.2. The Balaban J connectivity index is 0.00000196. The van der Waals surface area contributed by atoms with Crippen LogP contribution in [0.1, 0.15) is 53.0 Å². The topological polar surface area (TPSA) is 69.8 Å². The van der Waals surface area contributed by atoms with Gasteiger partial charge in [-0.25, -0.2) is 0 Å². The van der Waals surface area contributed by atoms with Crippen molar-refractivity contribution in [2.75, 3.05) is 13.1 Å². The van der Waals surface area contributed by atoms with Crippen LogP contribution in [0, 0.1) is 0 Å². The van der Waals surface area contributed by atoms with Gasteiger partial charge in [-0.2, -0.15) is 5.10 Å². The van der Waals surface area contributed by atoms with Gasteiger partial charge in [-0.15, -0.1) is 12.4 Å². The standard InChI is InChI=1S/C19H23ClN4O.ClH/c20-14-5-3-13(4-6-14)19(8-1-2-9-19)12-22-18(25)17-15-11-21-10-7-16(15)23-24-17;/h3-6,21H,1-2,7-12H2,(H,22,25)(H,23,24);1H. The maximum atomic E-state index is 12.7. The number of fused-ring (bicyclic) bond motifs is 1. The molecule has 0 spiro atoms. The molecule has 4 rings (SSSR count). The molecule has 1 amide bonds. The number of aromatic amines is 1. The zero-order valence-electron chi connectivity index (χ0n) is 14.6. The molecular formula is C19H24Cl2N4O. The number of carbonyl (C=O) groups is 1. The average Bonchev–Trinajstić information content (AvgIpc) is 3.28. The second-order valence-electron chi connectivity index (χ2n) is 7.13. The van der Waals surface area contributed by atoms with E-state index in [-0.39, 0.29) is 23.7 Å². The number of amides is 1. The van der Waals surface area contributed by atoms with Gasteiger partial charge in [-0.3, -0.25) is 9.89 Å². The molecule has 26 heavy (non-hydrogen) atoms. The molecule has 3 N–H and O–H groups in total. The van der Waals surface area contributed by atoms with E-state index in [1.807, 2.05) is 12.1 Å². The Labute approximate surface area is 164 Å². The van der Waals surface area contributed by atoms with E-state index in [2.05, 4.69) is 33.0 Å². The zero-order valence-corrected chi connectivity index (χ0v) is 16.2. The summed E-state index contributed by atoms with van der Waals surface area (Å²) in [6.07, 6.45) is 5.47. The number of rotatable bonds is 4. The van der Waals surface area contributed by atoms with Crippen molar-refractivity contribution in [3.63, 3.8) is 0 Å². The van der Waals surface area contributed by atoms with Crippen LogP contribution in [0.4, 0.5) is 0 Å². The van der Waals surface area contributed by atoms with Gasteiger partial charge in [0, 0.05) is 47.8 Å². The monoisotopic (exact) mass is 394 g/mol. The molecule has 1 fully saturated rings. The molecule has 2 heterocycles. The predicted octanol–water partition coefficient (Wildman–Crippen LogP) is 3.37. The number of hydrogen-bond donors (Lipinski definition) is 3. The van der Waals surface area contributed by atoms with Crippen molar-refractivity contribution in [2.45, 2.75) is 44.1 Å². The molecule has 7 heteroatoms. The molecule has 0 unspecified atom stereocenters. The van der Waals surface area contributed by atoms with Crippen LogP contribution in [0.5, 0.6) is 0 Å². The molecule has 0 radical (unpaired) electrons. The minimum atomic E-state index is -0.0820. The lowest BCUT2D eigenvalue weighted by Crippen LogP contribution is -2.39. The Morgan fingerprint density at radius 1 is 1.23 bits per heavy atom. The highest BCUT2D eigenvalue weighted by Gasteiger charge is 2.36. The third-order valence-corrected chi connectivity index (χ3v) is 5.88. The van der Waals surface area contributed by atoms with Gasteiger partial charge in [0.05, 0.1) is 0 Å². The molecule has 0 saturated heterocycles. The molecule has 0 bridgehead atoms. The summed E-state index contributed by atoms with van der Waals surface area (Å²) in [4.78, 5) is 12.7. The normalized spacial score (nSPS) is 18.0. The maximum Gasteiger partial charge on any atom is 0.272 e. The smallest absolute Gasteiger partial charge is 0.272 e. The van der Waals surface area contributed by atoms with Crippen LogP contribution in [-0.2, 0) is 18.4 Å². The van der Waals surface area contributed by atoms with Gasteiger partial charge < -0.3 is 10.6 Å². The summed E-state index contributed by atoms with van der Waals surface area (Å²) in [5.41, 5.74) is 3.90. The Kier molecular flexibility index (Phi) is 5.90. The Morgan fingerprint density at radius 2 is 1.96 bits per heavy atom. The van der Waals surface area contributed by atoms with Crippen LogP contribution < -0.4 is 10.6 Å². The van der Waals surface area contributed by atoms with Crippen molar-refractivity contribution in [3.05, 3.63) is 51.8 Å². The van der Waals surface area contributed by atoms with Crippen LogP contribution >= 0.6 is 24.0 Å². The lowest BCUT2D eigenvalue weighted by molar-refractivity contribution is 0.0937. The van der Waals surface area contributed by atoms with Crippen molar-refractivity contribution in [1.29, 1.82) is 0 Å². The fourth-order valence-electron chi connectivity index (χ4n) is 4.17. The molecular weight excluding hydrogens is 371 g/mol. The lowest BCUT2D eigenvalue weighted by Gasteiger charge is -2.30. The molecule has 0 atom stereocenters. The number of H-pyrrole nitrogens is 1. The molecule has 140 valence electrons. The van der Waals surface area contributed by atoms with E-state index < -0.39 is 0 Å². The number of halogens is 2. The summed E-state index contributed by atoms with van der Waals surface area (Å²) >= 11 is 6.04. The highest BCUT2D eigenvalue weighted by molar-refractivity contribution is 6.30. The van der Waals surface area contributed by atoms with E-state index in [1.165, 1.54) is 18.4 Å². The van der Waals surface area contributed by atoms with Gasteiger partial charge in [0.25, 0.3) is 5.91 Å². The summed E-state index contributed by atoms with van der Waals surface area (Å²) in [5.74, 6) is -0.0820. The molecule has 5 nitrogen and oxygen atoms in total. The number of nitrogens with one attached hydrogen (secondary N) is 3. The first kappa shape index (κ1) is 19.2. The third kappa shape index (κ3) is 3.61. The highest BCUT2D eigenvalue weighted by Crippen LogP contribution is 2.41. The van der Waals surface area contributed by atoms with Crippen molar-refractivity contribution in [2.24, 2.45) is 0 Å². The van der Waals surface area contributed by atoms with Gasteiger partial charge in [-0.05, 0) is 30.5 Å². The van der Waals surface area contributed by atoms with Crippen molar-refractivity contribution >= 4 is 29.9 Å². The van der Waals surface area contributed by atoms with Crippen LogP contribution in [-0.4, -0.2) is 29.2 Å². The number of nitrogens with zero attached hydrogens (tertiary/aromatic N) is 1. The second-order valence-corrected chi connectivity index (χ2v) is 7.57. The van der Waals surface area contributed by atoms with E-state index in [0.717, 1.165) is 42.1 Å².